The van der Waals surface area contributed by atoms with Crippen LogP contribution in [0.3, 0.4) is 0 Å². The Hall–Kier alpha value is -2.91. The lowest BCUT2D eigenvalue weighted by atomic mass is 9.82. The van der Waals surface area contributed by atoms with Gasteiger partial charge in [0.25, 0.3) is 0 Å². The highest BCUT2D eigenvalue weighted by atomic mass is 16.5. The standard InChI is InChI=1S/C25H39N5O4/c1-18(2)16-22(21(24(32)28-34)13-8-12-20-10-6-5-7-11-20)23(31)27-30(17-19(3)4)25(33)29-15-9-14-26-29/h5-8,10-12,18-19,21-22,26,34H,9,13-17H2,1-4H3,(H,27,31)(H,28,32)/t21-,22+/m0/s1. The molecule has 9 heteroatoms. The van der Waals surface area contributed by atoms with Crippen LogP contribution in [0, 0.1) is 23.7 Å². The van der Waals surface area contributed by atoms with E-state index in [4.69, 9.17) is 0 Å². The van der Waals surface area contributed by atoms with Crippen molar-refractivity contribution in [2.24, 2.45) is 23.7 Å². The van der Waals surface area contributed by atoms with E-state index in [2.05, 4.69) is 10.9 Å². The number of hydroxylamine groups is 1. The lowest BCUT2D eigenvalue weighted by Gasteiger charge is -2.32. The van der Waals surface area contributed by atoms with Gasteiger partial charge in [0.1, 0.15) is 0 Å². The lowest BCUT2D eigenvalue weighted by Crippen LogP contribution is -2.57. The first-order valence-corrected chi connectivity index (χ1v) is 12.0. The minimum atomic E-state index is -0.798. The van der Waals surface area contributed by atoms with Crippen molar-refractivity contribution in [3.05, 3.63) is 42.0 Å². The van der Waals surface area contributed by atoms with Gasteiger partial charge < -0.3 is 0 Å². The fourth-order valence-electron chi connectivity index (χ4n) is 4.01. The van der Waals surface area contributed by atoms with Crippen molar-refractivity contribution in [2.45, 2.75) is 47.0 Å². The molecule has 2 atom stereocenters. The van der Waals surface area contributed by atoms with Gasteiger partial charge in [-0.25, -0.2) is 20.7 Å². The Morgan fingerprint density at radius 1 is 1.09 bits per heavy atom. The van der Waals surface area contributed by atoms with E-state index in [0.29, 0.717) is 26.1 Å². The van der Waals surface area contributed by atoms with Crippen LogP contribution in [0.2, 0.25) is 0 Å². The number of benzene rings is 1. The monoisotopic (exact) mass is 473 g/mol. The highest BCUT2D eigenvalue weighted by Crippen LogP contribution is 2.26. The highest BCUT2D eigenvalue weighted by Gasteiger charge is 2.35. The second kappa shape index (κ2) is 13.7. The smallest absolute Gasteiger partial charge is 0.289 e. The number of nitrogens with zero attached hydrogens (tertiary/aromatic N) is 2. The largest absolute Gasteiger partial charge is 0.353 e. The summed E-state index contributed by atoms with van der Waals surface area (Å²) in [5.74, 6) is -2.32. The molecule has 0 aromatic heterocycles. The summed E-state index contributed by atoms with van der Waals surface area (Å²) in [6, 6.07) is 9.32. The Morgan fingerprint density at radius 2 is 1.79 bits per heavy atom. The van der Waals surface area contributed by atoms with Gasteiger partial charge in [0.05, 0.1) is 11.8 Å². The van der Waals surface area contributed by atoms with Crippen LogP contribution < -0.4 is 16.3 Å². The average molecular weight is 474 g/mol. The fourth-order valence-corrected chi connectivity index (χ4v) is 4.01. The molecule has 4 N–H and O–H groups in total. The van der Waals surface area contributed by atoms with Gasteiger partial charge in [-0.2, -0.15) is 0 Å². The maximum absolute atomic E-state index is 13.5. The number of urea groups is 1. The molecule has 188 valence electrons. The third kappa shape index (κ3) is 8.46. The predicted octanol–water partition coefficient (Wildman–Crippen LogP) is 3.19. The molecule has 0 spiro atoms. The number of nitrogens with one attached hydrogen (secondary N) is 3. The summed E-state index contributed by atoms with van der Waals surface area (Å²) in [6.45, 7) is 9.48. The summed E-state index contributed by atoms with van der Waals surface area (Å²) in [6.07, 6.45) is 5.25. The molecule has 4 amide bonds. The van der Waals surface area contributed by atoms with Crippen LogP contribution in [-0.2, 0) is 9.59 Å². The van der Waals surface area contributed by atoms with E-state index < -0.39 is 23.7 Å². The van der Waals surface area contributed by atoms with Gasteiger partial charge in [-0.15, -0.1) is 0 Å². The molecule has 9 nitrogen and oxygen atoms in total. The Morgan fingerprint density at radius 3 is 2.35 bits per heavy atom. The Balaban J connectivity index is 2.23. The van der Waals surface area contributed by atoms with E-state index in [-0.39, 0.29) is 24.3 Å². The second-order valence-corrected chi connectivity index (χ2v) is 9.54. The van der Waals surface area contributed by atoms with E-state index in [1.807, 2.05) is 70.2 Å². The topological polar surface area (TPSA) is 114 Å². The predicted molar refractivity (Wildman–Crippen MR) is 131 cm³/mol. The van der Waals surface area contributed by atoms with Gasteiger partial charge in [-0.1, -0.05) is 70.2 Å². The molecule has 1 aromatic rings. The van der Waals surface area contributed by atoms with Gasteiger partial charge in [0.2, 0.25) is 11.8 Å². The van der Waals surface area contributed by atoms with E-state index >= 15 is 0 Å². The van der Waals surface area contributed by atoms with E-state index in [9.17, 15) is 19.6 Å². The summed E-state index contributed by atoms with van der Waals surface area (Å²) in [7, 11) is 0. The van der Waals surface area contributed by atoms with Gasteiger partial charge in [-0.05, 0) is 36.7 Å². The maximum Gasteiger partial charge on any atom is 0.353 e. The third-order valence-corrected chi connectivity index (χ3v) is 5.61. The minimum Gasteiger partial charge on any atom is -0.289 e. The molecule has 1 aromatic carbocycles. The molecule has 1 heterocycles. The van der Waals surface area contributed by atoms with Gasteiger partial charge in [0.15, 0.2) is 0 Å². The first kappa shape index (κ1) is 27.3. The van der Waals surface area contributed by atoms with Crippen molar-refractivity contribution in [3.8, 4) is 0 Å². The molecule has 1 fully saturated rings. The van der Waals surface area contributed by atoms with E-state index in [1.54, 1.807) is 5.48 Å². The Kier molecular flexibility index (Phi) is 11.0. The first-order valence-electron chi connectivity index (χ1n) is 12.0. The quantitative estimate of drug-likeness (QED) is 0.308. The summed E-state index contributed by atoms with van der Waals surface area (Å²) in [4.78, 5) is 39.1. The number of rotatable bonds is 10. The molecule has 1 aliphatic rings. The van der Waals surface area contributed by atoms with Crippen LogP contribution in [0.1, 0.15) is 52.5 Å². The van der Waals surface area contributed by atoms with Crippen molar-refractivity contribution in [2.75, 3.05) is 19.6 Å². The van der Waals surface area contributed by atoms with Crippen LogP contribution in [0.4, 0.5) is 4.79 Å². The summed E-state index contributed by atoms with van der Waals surface area (Å²) in [5.41, 5.74) is 8.50. The molecule has 0 bridgehead atoms. The van der Waals surface area contributed by atoms with Crippen LogP contribution in [0.15, 0.2) is 36.4 Å². The fraction of sp³-hybridized carbons (Fsp3) is 0.560. The molecule has 0 aliphatic carbocycles. The van der Waals surface area contributed by atoms with Crippen molar-refractivity contribution >= 4 is 23.9 Å². The lowest BCUT2D eigenvalue weighted by molar-refractivity contribution is -0.142. The summed E-state index contributed by atoms with van der Waals surface area (Å²) >= 11 is 0. The van der Waals surface area contributed by atoms with Crippen LogP contribution in [0.5, 0.6) is 0 Å². The molecule has 0 saturated carbocycles. The van der Waals surface area contributed by atoms with Crippen LogP contribution in [0.25, 0.3) is 6.08 Å². The van der Waals surface area contributed by atoms with Crippen molar-refractivity contribution < 1.29 is 19.6 Å². The number of carbonyl (C=O) groups excluding carboxylic acids is 3. The molecular formula is C25H39N5O4. The van der Waals surface area contributed by atoms with E-state index in [0.717, 1.165) is 12.0 Å². The summed E-state index contributed by atoms with van der Waals surface area (Å²) < 4.78 is 0. The van der Waals surface area contributed by atoms with Gasteiger partial charge in [-0.3, -0.25) is 25.2 Å². The zero-order chi connectivity index (χ0) is 25.1. The SMILES string of the molecule is CC(C)C[C@@H](C(=O)NN(CC(C)C)C(=O)N1CCCN1)[C@H](CC=Cc1ccccc1)C(=O)NO. The number of hydrazine groups is 2. The Bertz CT molecular complexity index is 822. The number of amides is 4. The summed E-state index contributed by atoms with van der Waals surface area (Å²) in [5, 5.41) is 12.2. The maximum atomic E-state index is 13.5. The van der Waals surface area contributed by atoms with Crippen molar-refractivity contribution in [3.63, 3.8) is 0 Å². The molecule has 2 rings (SSSR count). The molecule has 0 radical (unpaired) electrons. The first-order chi connectivity index (χ1) is 16.2. The highest BCUT2D eigenvalue weighted by molar-refractivity contribution is 5.88. The molecular weight excluding hydrogens is 434 g/mol. The second-order valence-electron chi connectivity index (χ2n) is 9.54. The zero-order valence-electron chi connectivity index (χ0n) is 20.7. The Labute approximate surface area is 202 Å². The van der Waals surface area contributed by atoms with E-state index in [1.165, 1.54) is 10.0 Å². The number of hydrogen-bond acceptors (Lipinski definition) is 5. The molecule has 1 saturated heterocycles. The van der Waals surface area contributed by atoms with Crippen LogP contribution >= 0.6 is 0 Å². The number of allylic oxidation sites excluding steroid dienone is 1. The zero-order valence-corrected chi connectivity index (χ0v) is 20.7. The molecule has 0 unspecified atom stereocenters. The third-order valence-electron chi connectivity index (χ3n) is 5.61. The molecule has 1 aliphatic heterocycles. The average Bonchev–Trinajstić information content (AvgIpc) is 3.34. The van der Waals surface area contributed by atoms with Crippen molar-refractivity contribution in [1.82, 2.24) is 26.3 Å². The normalized spacial score (nSPS) is 15.6. The minimum absolute atomic E-state index is 0.123. The van der Waals surface area contributed by atoms with Crippen molar-refractivity contribution in [1.29, 1.82) is 0 Å². The van der Waals surface area contributed by atoms with Crippen LogP contribution in [-0.4, -0.2) is 52.7 Å². The molecule has 34 heavy (non-hydrogen) atoms. The number of carbonyl (C=O) groups is 3. The number of hydrogen-bond donors (Lipinski definition) is 4. The van der Waals surface area contributed by atoms with Gasteiger partial charge in [0, 0.05) is 19.6 Å². The van der Waals surface area contributed by atoms with Gasteiger partial charge >= 0.3 is 6.03 Å².